The first-order chi connectivity index (χ1) is 36.6. The summed E-state index contributed by atoms with van der Waals surface area (Å²) in [4.78, 5) is 13.6. The Kier molecular flexibility index (Phi) is 13.6. The molecule has 0 fully saturated rings. The summed E-state index contributed by atoms with van der Waals surface area (Å²) in [6.07, 6.45) is 0. The van der Waals surface area contributed by atoms with Crippen LogP contribution in [0.2, 0.25) is 0 Å². The minimum atomic E-state index is -0.177. The minimum absolute atomic E-state index is 0.00666. The highest BCUT2D eigenvalue weighted by atomic mass is 32.1. The largest absolute Gasteiger partial charge is 0.311 e. The van der Waals surface area contributed by atoms with E-state index in [1.54, 1.807) is 0 Å². The van der Waals surface area contributed by atoms with Crippen LogP contribution in [-0.4, -0.2) is 11.7 Å². The van der Waals surface area contributed by atoms with Gasteiger partial charge in [0.1, 0.15) is 10.0 Å². The third kappa shape index (κ3) is 10.6. The van der Waals surface area contributed by atoms with E-state index < -0.39 is 0 Å². The topological polar surface area (TPSA) is 22.6 Å². The van der Waals surface area contributed by atoms with Crippen LogP contribution in [0.4, 0.5) is 50.5 Å². The molecule has 0 N–H and O–H groups in total. The van der Waals surface area contributed by atoms with E-state index in [9.17, 15) is 0 Å². The molecule has 6 heteroatoms. The van der Waals surface area contributed by atoms with E-state index in [2.05, 4.69) is 306 Å². The van der Waals surface area contributed by atoms with E-state index in [0.29, 0.717) is 0 Å². The van der Waals surface area contributed by atoms with Crippen LogP contribution in [0.3, 0.4) is 0 Å². The van der Waals surface area contributed by atoms with Crippen LogP contribution in [0.5, 0.6) is 0 Å². The maximum absolute atomic E-state index is 5.92. The van der Waals surface area contributed by atoms with E-state index in [1.807, 2.05) is 11.3 Å². The van der Waals surface area contributed by atoms with Crippen molar-refractivity contribution >= 4 is 85.1 Å². The molecule has 79 heavy (non-hydrogen) atoms. The van der Waals surface area contributed by atoms with Crippen LogP contribution in [0, 0.1) is 0 Å². The van der Waals surface area contributed by atoms with Crippen molar-refractivity contribution in [3.8, 4) is 10.6 Å². The highest BCUT2D eigenvalue weighted by Crippen LogP contribution is 2.51. The van der Waals surface area contributed by atoms with E-state index >= 15 is 0 Å². The zero-order valence-corrected chi connectivity index (χ0v) is 52.4. The highest BCUT2D eigenvalue weighted by molar-refractivity contribution is 7.22. The van der Waals surface area contributed by atoms with Gasteiger partial charge in [-0.15, -0.1) is 0 Å². The lowest BCUT2D eigenvalue weighted by atomic mass is 9.35. The van der Waals surface area contributed by atoms with Crippen LogP contribution in [0.25, 0.3) is 10.6 Å². The summed E-state index contributed by atoms with van der Waals surface area (Å²) in [5.41, 5.74) is 22.9. The molecule has 0 radical (unpaired) electrons. The Morgan fingerprint density at radius 1 is 0.354 bits per heavy atom. The van der Waals surface area contributed by atoms with Crippen molar-refractivity contribution in [1.82, 2.24) is 4.98 Å². The number of fused-ring (bicyclic) bond motifs is 4. The summed E-state index contributed by atoms with van der Waals surface area (Å²) in [5.74, 6) is 0. The van der Waals surface area contributed by atoms with Gasteiger partial charge in [0.2, 0.25) is 0 Å². The van der Waals surface area contributed by atoms with Gasteiger partial charge in [-0.1, -0.05) is 230 Å². The summed E-state index contributed by atoms with van der Waals surface area (Å²) < 4.78 is 0. The fourth-order valence-electron chi connectivity index (χ4n) is 11.3. The monoisotopic (exact) mass is 1060 g/mol. The molecule has 4 nitrogen and oxygen atoms in total. The number of benzene rings is 7. The van der Waals surface area contributed by atoms with Crippen LogP contribution in [0.15, 0.2) is 146 Å². The Balaban J connectivity index is 1.30. The Labute approximate surface area is 480 Å². The van der Waals surface area contributed by atoms with E-state index in [1.165, 1.54) is 71.9 Å². The third-order valence-corrected chi connectivity index (χ3v) is 17.7. The molecular weight excluding hydrogens is 976 g/mol. The first-order valence-corrected chi connectivity index (χ1v) is 29.7. The predicted molar refractivity (Wildman–Crippen MR) is 347 cm³/mol. The molecule has 1 aromatic heterocycles. The maximum atomic E-state index is 5.92. The lowest BCUT2D eigenvalue weighted by molar-refractivity contribution is 0.568. The van der Waals surface area contributed by atoms with Gasteiger partial charge in [0.25, 0.3) is 6.71 Å². The van der Waals surface area contributed by atoms with Crippen molar-refractivity contribution in [2.45, 2.75) is 183 Å². The number of anilines is 9. The molecule has 2 aliphatic rings. The fourth-order valence-corrected chi connectivity index (χ4v) is 12.5. The molecule has 0 atom stereocenters. The molecule has 0 amide bonds. The van der Waals surface area contributed by atoms with Crippen LogP contribution < -0.4 is 31.2 Å². The summed E-state index contributed by atoms with van der Waals surface area (Å²) in [5, 5.41) is 2.21. The molecule has 8 aromatic rings. The third-order valence-electron chi connectivity index (χ3n) is 16.6. The second-order valence-electron chi connectivity index (χ2n) is 30.1. The number of rotatable bonds is 6. The van der Waals surface area contributed by atoms with Gasteiger partial charge in [-0.3, -0.25) is 0 Å². The summed E-state index contributed by atoms with van der Waals surface area (Å²) >= 11 is 1.83. The molecule has 408 valence electrons. The van der Waals surface area contributed by atoms with Gasteiger partial charge >= 0.3 is 0 Å². The Bertz CT molecular complexity index is 3480. The molecule has 0 saturated carbocycles. The zero-order chi connectivity index (χ0) is 57.3. The molecule has 3 heterocycles. The van der Waals surface area contributed by atoms with Crippen LogP contribution >= 0.6 is 11.3 Å². The van der Waals surface area contributed by atoms with E-state index in [0.717, 1.165) is 44.6 Å². The van der Waals surface area contributed by atoms with Gasteiger partial charge in [0, 0.05) is 51.1 Å². The SMILES string of the molecule is CC(C)(C)c1ccc(-c2nc3c(s2)N(c2cc(C(C)(C)C)cc(C(C)(C)C)c2)c2cc(C(C)(C)C)cc4c2B3c2ccc(N(c3ccc(C(C)(C)C)cc3)c3ccc(C(C)(C)C)cc3)cc2N4c2ccc(C(C)(C)C)cc2)cc1. The normalized spacial score (nSPS) is 14.1. The molecule has 0 bridgehead atoms. The van der Waals surface area contributed by atoms with Crippen LogP contribution in [0.1, 0.15) is 184 Å². The first-order valence-electron chi connectivity index (χ1n) is 28.9. The second-order valence-corrected chi connectivity index (χ2v) is 31.0. The van der Waals surface area contributed by atoms with Crippen molar-refractivity contribution in [2.75, 3.05) is 14.7 Å². The first kappa shape index (κ1) is 55.9. The number of hydrogen-bond donors (Lipinski definition) is 0. The van der Waals surface area contributed by atoms with Crippen molar-refractivity contribution < 1.29 is 0 Å². The summed E-state index contributed by atoms with van der Waals surface area (Å²) in [6.45, 7) is 48.6. The maximum Gasteiger partial charge on any atom is 0.276 e. The van der Waals surface area contributed by atoms with Gasteiger partial charge < -0.3 is 14.7 Å². The standard InChI is InChI=1S/C73H87BN4S/c1-67(2,3)47-24-22-46(23-25-47)65-75-64-66(79-65)78(58-41-51(71(13,14)15)40-52(42-58)72(16,17)18)62-44-53(73(19,20)21)43-61-63(62)74(64)59-39-38-57(45-60(59)77(61)56-36-30-50(31-37-56)70(10,11)12)76(54-32-26-48(27-33-54)68(4,5)6)55-34-28-49(29-35-55)69(7,8)9/h22-45H,1-21H3. The molecule has 0 aliphatic carbocycles. The minimum Gasteiger partial charge on any atom is -0.311 e. The van der Waals surface area contributed by atoms with E-state index in [4.69, 9.17) is 4.98 Å². The molecule has 7 aromatic carbocycles. The number of aromatic nitrogens is 1. The molecular formula is C73H87BN4S. The Hall–Kier alpha value is -6.37. The Morgan fingerprint density at radius 2 is 0.734 bits per heavy atom. The quantitative estimate of drug-likeness (QED) is 0.155. The molecule has 0 spiro atoms. The number of thiazole rings is 1. The lowest BCUT2D eigenvalue weighted by Gasteiger charge is -2.44. The average Bonchev–Trinajstić information content (AvgIpc) is 3.42. The lowest BCUT2D eigenvalue weighted by Crippen LogP contribution is -2.61. The highest BCUT2D eigenvalue weighted by Gasteiger charge is 2.47. The fraction of sp³-hybridized carbons (Fsp3) is 0.384. The van der Waals surface area contributed by atoms with Crippen molar-refractivity contribution in [2.24, 2.45) is 0 Å². The van der Waals surface area contributed by atoms with Crippen molar-refractivity contribution in [1.29, 1.82) is 0 Å². The molecule has 0 saturated heterocycles. The van der Waals surface area contributed by atoms with Gasteiger partial charge in [-0.05, 0) is 161 Å². The van der Waals surface area contributed by atoms with Gasteiger partial charge in [-0.25, -0.2) is 4.98 Å². The van der Waals surface area contributed by atoms with Crippen molar-refractivity contribution in [3.05, 3.63) is 185 Å². The number of nitrogens with zero attached hydrogens (tertiary/aromatic N) is 4. The Morgan fingerprint density at radius 3 is 1.16 bits per heavy atom. The second kappa shape index (κ2) is 19.1. The molecule has 2 aliphatic heterocycles. The van der Waals surface area contributed by atoms with Crippen LogP contribution in [-0.2, 0) is 37.9 Å². The van der Waals surface area contributed by atoms with Gasteiger partial charge in [0.05, 0.1) is 5.59 Å². The summed E-state index contributed by atoms with van der Waals surface area (Å²) in [6, 6.07) is 56.8. The average molecular weight is 1060 g/mol. The van der Waals surface area contributed by atoms with Crippen molar-refractivity contribution in [3.63, 3.8) is 0 Å². The smallest absolute Gasteiger partial charge is 0.276 e. The van der Waals surface area contributed by atoms with E-state index in [-0.39, 0.29) is 44.6 Å². The molecule has 0 unspecified atom stereocenters. The number of hydrogen-bond acceptors (Lipinski definition) is 5. The molecule has 10 rings (SSSR count). The van der Waals surface area contributed by atoms with Gasteiger partial charge in [0.15, 0.2) is 0 Å². The predicted octanol–water partition coefficient (Wildman–Crippen LogP) is 19.4. The summed E-state index contributed by atoms with van der Waals surface area (Å²) in [7, 11) is 0. The zero-order valence-electron chi connectivity index (χ0n) is 51.6. The van der Waals surface area contributed by atoms with Gasteiger partial charge in [-0.2, -0.15) is 0 Å².